The van der Waals surface area contributed by atoms with Crippen LogP contribution in [0.25, 0.3) is 0 Å². The Morgan fingerprint density at radius 1 is 1.20 bits per heavy atom. The molecule has 2 N–H and O–H groups in total. The van der Waals surface area contributed by atoms with Crippen molar-refractivity contribution in [3.05, 3.63) is 0 Å². The number of hydrogen-bond donors (Lipinski definition) is 2. The van der Waals surface area contributed by atoms with Gasteiger partial charge >= 0.3 is 0 Å². The van der Waals surface area contributed by atoms with Crippen LogP contribution in [-0.4, -0.2) is 15.3 Å². The maximum absolute atomic E-state index is 11.1. The molecule has 0 aromatic carbocycles. The Labute approximate surface area is 93.8 Å². The highest BCUT2D eigenvalue weighted by atomic mass is 31.1. The number of aliphatic hydroxyl groups is 1. The molecule has 92 valence electrons. The van der Waals surface area contributed by atoms with E-state index in [1.807, 2.05) is 0 Å². The zero-order valence-corrected chi connectivity index (χ0v) is 11.1. The molecule has 2 unspecified atom stereocenters. The summed E-state index contributed by atoms with van der Waals surface area (Å²) in [4.78, 5) is 9.15. The molecule has 0 fully saturated rings. The van der Waals surface area contributed by atoms with E-state index in [2.05, 4.69) is 13.8 Å². The van der Waals surface area contributed by atoms with Crippen molar-refractivity contribution >= 4 is 8.03 Å². The smallest absolute Gasteiger partial charge is 0.219 e. The van der Waals surface area contributed by atoms with Crippen LogP contribution in [0.1, 0.15) is 59.3 Å². The molecule has 0 aliphatic heterocycles. The van der Waals surface area contributed by atoms with Gasteiger partial charge in [0, 0.05) is 0 Å². The number of hydrogen-bond acceptors (Lipinski definition) is 2. The summed E-state index contributed by atoms with van der Waals surface area (Å²) in [5.41, 5.74) is 0. The summed E-state index contributed by atoms with van der Waals surface area (Å²) in [6.07, 6.45) is 5.84. The van der Waals surface area contributed by atoms with Crippen molar-refractivity contribution in [2.45, 2.75) is 64.6 Å². The van der Waals surface area contributed by atoms with Gasteiger partial charge in [0.15, 0.2) is 0 Å². The second kappa shape index (κ2) is 7.43. The molecule has 3 nitrogen and oxygen atoms in total. The van der Waals surface area contributed by atoms with E-state index in [1.165, 1.54) is 6.92 Å². The topological polar surface area (TPSA) is 57.5 Å². The third-order valence-electron chi connectivity index (χ3n) is 3.04. The van der Waals surface area contributed by atoms with Crippen LogP contribution in [0.4, 0.5) is 0 Å². The van der Waals surface area contributed by atoms with Gasteiger partial charge in [0.2, 0.25) is 8.03 Å². The summed E-state index contributed by atoms with van der Waals surface area (Å²) in [6, 6.07) is 0. The normalized spacial score (nSPS) is 17.7. The van der Waals surface area contributed by atoms with Gasteiger partial charge in [-0.2, -0.15) is 0 Å². The average molecular weight is 236 g/mol. The predicted molar refractivity (Wildman–Crippen MR) is 64.4 cm³/mol. The van der Waals surface area contributed by atoms with Crippen LogP contribution in [0.5, 0.6) is 0 Å². The average Bonchev–Trinajstić information content (AvgIpc) is 2.17. The number of rotatable bonds is 8. The van der Waals surface area contributed by atoms with Crippen LogP contribution in [0.2, 0.25) is 0 Å². The Morgan fingerprint density at radius 2 is 1.60 bits per heavy atom. The van der Waals surface area contributed by atoms with E-state index in [9.17, 15) is 9.67 Å². The highest BCUT2D eigenvalue weighted by Gasteiger charge is 2.35. The van der Waals surface area contributed by atoms with Crippen molar-refractivity contribution in [1.82, 2.24) is 0 Å². The van der Waals surface area contributed by atoms with E-state index in [4.69, 9.17) is 4.89 Å². The molecule has 0 spiro atoms. The van der Waals surface area contributed by atoms with Gasteiger partial charge in [0.25, 0.3) is 0 Å². The highest BCUT2D eigenvalue weighted by molar-refractivity contribution is 7.39. The maximum atomic E-state index is 11.1. The summed E-state index contributed by atoms with van der Waals surface area (Å²) in [6.45, 7) is 5.69. The van der Waals surface area contributed by atoms with Gasteiger partial charge in [0.05, 0.1) is 0 Å². The Kier molecular flexibility index (Phi) is 7.50. The second-order valence-electron chi connectivity index (χ2n) is 4.43. The monoisotopic (exact) mass is 236 g/mol. The van der Waals surface area contributed by atoms with Crippen molar-refractivity contribution in [2.75, 3.05) is 0 Å². The first kappa shape index (κ1) is 15.2. The Bertz CT molecular complexity index is 184. The van der Waals surface area contributed by atoms with Crippen LogP contribution in [0.3, 0.4) is 0 Å². The Balaban J connectivity index is 4.38. The highest BCUT2D eigenvalue weighted by Crippen LogP contribution is 2.43. The van der Waals surface area contributed by atoms with Crippen LogP contribution in [0.15, 0.2) is 0 Å². The summed E-state index contributed by atoms with van der Waals surface area (Å²) in [5.74, 6) is -0.0335. The van der Waals surface area contributed by atoms with Crippen LogP contribution in [-0.2, 0) is 4.57 Å². The third kappa shape index (κ3) is 5.14. The molecule has 0 heterocycles. The molecule has 2 atom stereocenters. The van der Waals surface area contributed by atoms with Crippen LogP contribution < -0.4 is 0 Å². The molecule has 15 heavy (non-hydrogen) atoms. The van der Waals surface area contributed by atoms with E-state index in [-0.39, 0.29) is 5.92 Å². The number of unbranched alkanes of at least 4 members (excludes halogenated alkanes) is 2. The first-order valence-corrected chi connectivity index (χ1v) is 7.28. The molecular weight excluding hydrogens is 211 g/mol. The molecule has 0 saturated heterocycles. The lowest BCUT2D eigenvalue weighted by molar-refractivity contribution is 0.0594. The van der Waals surface area contributed by atoms with E-state index >= 15 is 0 Å². The van der Waals surface area contributed by atoms with E-state index in [1.54, 1.807) is 0 Å². The summed E-state index contributed by atoms with van der Waals surface area (Å²) < 4.78 is 11.1. The van der Waals surface area contributed by atoms with Gasteiger partial charge in [-0.3, -0.25) is 4.57 Å². The third-order valence-corrected chi connectivity index (χ3v) is 4.31. The predicted octanol–water partition coefficient (Wildman–Crippen LogP) is 3.16. The minimum absolute atomic E-state index is 0.0335. The fraction of sp³-hybridized carbons (Fsp3) is 1.00. The van der Waals surface area contributed by atoms with Gasteiger partial charge in [-0.05, 0) is 25.7 Å². The lowest BCUT2D eigenvalue weighted by atomic mass is 9.91. The molecule has 0 aliphatic carbocycles. The Hall–Kier alpha value is 0.150. The molecule has 0 aliphatic rings. The Morgan fingerprint density at radius 3 is 1.87 bits per heavy atom. The van der Waals surface area contributed by atoms with E-state index in [0.29, 0.717) is 0 Å². The fourth-order valence-electron chi connectivity index (χ4n) is 1.78. The van der Waals surface area contributed by atoms with Gasteiger partial charge in [0.1, 0.15) is 5.34 Å². The zero-order chi connectivity index (χ0) is 11.9. The summed E-state index contributed by atoms with van der Waals surface area (Å²) in [7, 11) is -2.86. The van der Waals surface area contributed by atoms with Gasteiger partial charge < -0.3 is 10.00 Å². The van der Waals surface area contributed by atoms with Crippen molar-refractivity contribution in [1.29, 1.82) is 0 Å². The first-order chi connectivity index (χ1) is 6.96. The van der Waals surface area contributed by atoms with Gasteiger partial charge in [-0.15, -0.1) is 0 Å². The standard InChI is InChI=1S/C11H25O3P/c1-4-6-8-10(9-7-5-2)11(3,12)15(13)14/h10,12,15H,4-9H2,1-3H3,(H,13,14). The van der Waals surface area contributed by atoms with E-state index in [0.717, 1.165) is 38.5 Å². The largest absolute Gasteiger partial charge is 0.380 e. The molecule has 0 bridgehead atoms. The first-order valence-electron chi connectivity index (χ1n) is 5.92. The minimum atomic E-state index is -2.86. The molecular formula is C11H25O3P. The maximum Gasteiger partial charge on any atom is 0.219 e. The second-order valence-corrected chi connectivity index (χ2v) is 6.06. The van der Waals surface area contributed by atoms with Crippen molar-refractivity contribution < 1.29 is 14.6 Å². The molecule has 0 saturated carbocycles. The molecule has 0 aromatic heterocycles. The van der Waals surface area contributed by atoms with Crippen LogP contribution in [0, 0.1) is 5.92 Å². The lowest BCUT2D eigenvalue weighted by Gasteiger charge is -2.30. The SMILES string of the molecule is CCCCC(CCCC)C(C)(O)[PH](=O)O. The van der Waals surface area contributed by atoms with E-state index < -0.39 is 13.4 Å². The quantitative estimate of drug-likeness (QED) is 0.636. The zero-order valence-electron chi connectivity index (χ0n) is 10.1. The molecule has 0 aromatic rings. The molecule has 0 amide bonds. The van der Waals surface area contributed by atoms with Gasteiger partial charge in [-0.25, -0.2) is 0 Å². The molecule has 0 rings (SSSR count). The molecule has 4 heteroatoms. The fourth-order valence-corrected chi connectivity index (χ4v) is 2.42. The van der Waals surface area contributed by atoms with Crippen LogP contribution >= 0.6 is 8.03 Å². The van der Waals surface area contributed by atoms with Crippen molar-refractivity contribution in [3.63, 3.8) is 0 Å². The van der Waals surface area contributed by atoms with Crippen molar-refractivity contribution in [2.24, 2.45) is 5.92 Å². The van der Waals surface area contributed by atoms with Crippen molar-refractivity contribution in [3.8, 4) is 0 Å². The lowest BCUT2D eigenvalue weighted by Crippen LogP contribution is -2.30. The summed E-state index contributed by atoms with van der Waals surface area (Å²) in [5, 5.41) is 8.61. The minimum Gasteiger partial charge on any atom is -0.380 e. The van der Waals surface area contributed by atoms with Gasteiger partial charge in [-0.1, -0.05) is 39.5 Å². The summed E-state index contributed by atoms with van der Waals surface area (Å²) >= 11 is 0. The molecule has 0 radical (unpaired) electrons.